The van der Waals surface area contributed by atoms with Crippen molar-refractivity contribution in [3.63, 3.8) is 0 Å². The van der Waals surface area contributed by atoms with E-state index in [4.69, 9.17) is 25.8 Å². The Bertz CT molecular complexity index is 1500. The Labute approximate surface area is 274 Å². The van der Waals surface area contributed by atoms with Crippen LogP contribution in [-0.2, 0) is 19.1 Å². The molecular formula is C33H45ClN4O8. The van der Waals surface area contributed by atoms with Gasteiger partial charge in [0, 0.05) is 17.9 Å². The van der Waals surface area contributed by atoms with Gasteiger partial charge in [-0.15, -0.1) is 0 Å². The first-order chi connectivity index (χ1) is 21.4. The Morgan fingerprint density at radius 2 is 1.85 bits per heavy atom. The van der Waals surface area contributed by atoms with Crippen molar-refractivity contribution >= 4 is 46.4 Å². The molecule has 2 fully saturated rings. The lowest BCUT2D eigenvalue weighted by atomic mass is 9.85. The van der Waals surface area contributed by atoms with Crippen LogP contribution < -0.4 is 20.1 Å². The third kappa shape index (κ3) is 7.59. The summed E-state index contributed by atoms with van der Waals surface area (Å²) in [5.41, 5.74) is -2.48. The lowest BCUT2D eigenvalue weighted by Crippen LogP contribution is -2.59. The summed E-state index contributed by atoms with van der Waals surface area (Å²) >= 11 is 6.45. The van der Waals surface area contributed by atoms with Gasteiger partial charge in [-0.05, 0) is 57.6 Å². The highest BCUT2D eigenvalue weighted by molar-refractivity contribution is 6.35. The van der Waals surface area contributed by atoms with Gasteiger partial charge in [-0.25, -0.2) is 14.6 Å². The lowest BCUT2D eigenvalue weighted by molar-refractivity contribution is -0.146. The fourth-order valence-corrected chi connectivity index (χ4v) is 6.08. The number of benzene rings is 1. The zero-order valence-corrected chi connectivity index (χ0v) is 28.5. The van der Waals surface area contributed by atoms with Crippen LogP contribution in [0.15, 0.2) is 24.3 Å². The number of para-hydroxylation sites is 1. The van der Waals surface area contributed by atoms with Crippen molar-refractivity contribution in [1.82, 2.24) is 20.5 Å². The monoisotopic (exact) mass is 660 g/mol. The molecule has 46 heavy (non-hydrogen) atoms. The fraction of sp³-hybridized carbons (Fsp3) is 0.606. The predicted molar refractivity (Wildman–Crippen MR) is 172 cm³/mol. The molecular weight excluding hydrogens is 616 g/mol. The third-order valence-corrected chi connectivity index (χ3v) is 8.57. The molecule has 1 aliphatic carbocycles. The fourth-order valence-electron chi connectivity index (χ4n) is 5.87. The zero-order valence-electron chi connectivity index (χ0n) is 27.7. The van der Waals surface area contributed by atoms with E-state index in [1.807, 2.05) is 13.8 Å². The molecule has 4 rings (SSSR count). The number of nitrogens with one attached hydrogen (secondary N) is 2. The van der Waals surface area contributed by atoms with Gasteiger partial charge in [0.15, 0.2) is 0 Å². The van der Waals surface area contributed by atoms with E-state index in [0.29, 0.717) is 47.0 Å². The van der Waals surface area contributed by atoms with Gasteiger partial charge < -0.3 is 34.9 Å². The number of carboxylic acid groups (broad SMARTS) is 1. The molecule has 1 aromatic heterocycles. The number of fused-ring (bicyclic) bond motifs is 1. The first-order valence-electron chi connectivity index (χ1n) is 15.6. The number of likely N-dealkylation sites (tertiary alicyclic amines) is 1. The number of hydrogen-bond donors (Lipinski definition) is 3. The number of carbonyl (C=O) groups is 4. The van der Waals surface area contributed by atoms with E-state index in [1.165, 1.54) is 4.90 Å². The molecule has 0 bridgehead atoms. The van der Waals surface area contributed by atoms with Crippen LogP contribution in [0.1, 0.15) is 74.7 Å². The highest BCUT2D eigenvalue weighted by Crippen LogP contribution is 2.46. The molecule has 2 aromatic rings. The van der Waals surface area contributed by atoms with Gasteiger partial charge in [0.05, 0.1) is 23.7 Å². The van der Waals surface area contributed by atoms with Crippen molar-refractivity contribution in [2.24, 2.45) is 11.3 Å². The molecule has 5 atom stereocenters. The Kier molecular flexibility index (Phi) is 10.0. The molecule has 0 spiro atoms. The van der Waals surface area contributed by atoms with Gasteiger partial charge in [0.25, 0.3) is 0 Å². The average Bonchev–Trinajstić information content (AvgIpc) is 3.50. The number of halogens is 1. The number of pyridine rings is 1. The SMILES string of the molecule is CCOc1cc(O[C@@H]2C[C@@H](C(=O)N[C@]3(C(=O)O)C[C@H]3CC)N(C(=O)[C@@H](NC(=O)OC(C)(C)C)C(C)(C)C)C2)c2cccc(Cl)c2n1. The van der Waals surface area contributed by atoms with Crippen molar-refractivity contribution < 1.29 is 38.5 Å². The highest BCUT2D eigenvalue weighted by atomic mass is 35.5. The molecule has 1 aliphatic heterocycles. The van der Waals surface area contributed by atoms with E-state index in [1.54, 1.807) is 65.8 Å². The van der Waals surface area contributed by atoms with Crippen molar-refractivity contribution in [2.45, 2.75) is 104 Å². The van der Waals surface area contributed by atoms with E-state index in [-0.39, 0.29) is 18.9 Å². The molecule has 13 heteroatoms. The predicted octanol–water partition coefficient (Wildman–Crippen LogP) is 4.94. The minimum atomic E-state index is -1.39. The summed E-state index contributed by atoms with van der Waals surface area (Å²) in [6.45, 7) is 14.6. The van der Waals surface area contributed by atoms with Crippen LogP contribution in [-0.4, -0.2) is 81.3 Å². The number of amides is 3. The number of hydrogen-bond acceptors (Lipinski definition) is 8. The summed E-state index contributed by atoms with van der Waals surface area (Å²) in [6.07, 6.45) is -0.493. The second-order valence-corrected chi connectivity index (χ2v) is 14.4. The normalized spacial score (nSPS) is 23.4. The molecule has 2 heterocycles. The Balaban J connectivity index is 1.69. The van der Waals surface area contributed by atoms with Crippen LogP contribution in [0.5, 0.6) is 11.6 Å². The number of nitrogens with zero attached hydrogens (tertiary/aromatic N) is 2. The molecule has 3 amide bonds. The maximum atomic E-state index is 14.3. The number of aromatic nitrogens is 1. The summed E-state index contributed by atoms with van der Waals surface area (Å²) in [5.74, 6) is -1.74. The van der Waals surface area contributed by atoms with Crippen molar-refractivity contribution in [1.29, 1.82) is 0 Å². The minimum Gasteiger partial charge on any atom is -0.488 e. The summed E-state index contributed by atoms with van der Waals surface area (Å²) < 4.78 is 17.5. The maximum Gasteiger partial charge on any atom is 0.408 e. The first kappa shape index (κ1) is 35.1. The summed E-state index contributed by atoms with van der Waals surface area (Å²) in [6, 6.07) is 4.77. The van der Waals surface area contributed by atoms with E-state index >= 15 is 0 Å². The van der Waals surface area contributed by atoms with Gasteiger partial charge in [-0.1, -0.05) is 51.8 Å². The van der Waals surface area contributed by atoms with Crippen molar-refractivity contribution in [3.05, 3.63) is 29.3 Å². The van der Waals surface area contributed by atoms with Crippen LogP contribution >= 0.6 is 11.6 Å². The van der Waals surface area contributed by atoms with E-state index in [0.717, 1.165) is 0 Å². The quantitative estimate of drug-likeness (QED) is 0.321. The first-order valence-corrected chi connectivity index (χ1v) is 16.0. The molecule has 12 nitrogen and oxygen atoms in total. The van der Waals surface area contributed by atoms with Gasteiger partial charge in [0.2, 0.25) is 17.7 Å². The molecule has 2 aliphatic rings. The van der Waals surface area contributed by atoms with Gasteiger partial charge >= 0.3 is 12.1 Å². The van der Waals surface area contributed by atoms with Crippen molar-refractivity contribution in [3.8, 4) is 11.6 Å². The van der Waals surface area contributed by atoms with Gasteiger partial charge in [-0.3, -0.25) is 9.59 Å². The summed E-state index contributed by atoms with van der Waals surface area (Å²) in [5, 5.41) is 16.5. The molecule has 0 unspecified atom stereocenters. The van der Waals surface area contributed by atoms with Crippen LogP contribution in [0, 0.1) is 11.3 Å². The Hall–Kier alpha value is -3.80. The van der Waals surface area contributed by atoms with E-state index in [9.17, 15) is 24.3 Å². The van der Waals surface area contributed by atoms with Gasteiger partial charge in [0.1, 0.15) is 35.1 Å². The standard InChI is InChI=1S/C33H45ClN4O8/c1-9-18-16-33(18,29(41)42)37-27(39)22-14-19(45-23-15-24(44-10-2)35-25-20(23)12-11-13-21(25)34)17-38(22)28(40)26(31(3,4)5)36-30(43)46-32(6,7)8/h11-13,15,18-19,22,26H,9-10,14,16-17H2,1-8H3,(H,36,43)(H,37,39)(H,41,42)/t18-,19-,22+,26-,33-/m1/s1. The van der Waals surface area contributed by atoms with Crippen LogP contribution in [0.3, 0.4) is 0 Å². The molecule has 3 N–H and O–H groups in total. The maximum absolute atomic E-state index is 14.3. The lowest BCUT2D eigenvalue weighted by Gasteiger charge is -2.35. The molecule has 1 saturated carbocycles. The summed E-state index contributed by atoms with van der Waals surface area (Å²) in [4.78, 5) is 59.1. The number of rotatable bonds is 10. The van der Waals surface area contributed by atoms with Crippen LogP contribution in [0.2, 0.25) is 5.02 Å². The molecule has 1 saturated heterocycles. The number of ether oxygens (including phenoxy) is 3. The Morgan fingerprint density at radius 3 is 2.41 bits per heavy atom. The Morgan fingerprint density at radius 1 is 1.15 bits per heavy atom. The zero-order chi connectivity index (χ0) is 34.2. The number of aliphatic carboxylic acids is 1. The second-order valence-electron chi connectivity index (χ2n) is 14.0. The average molecular weight is 661 g/mol. The summed E-state index contributed by atoms with van der Waals surface area (Å²) in [7, 11) is 0. The van der Waals surface area contributed by atoms with Crippen molar-refractivity contribution in [2.75, 3.05) is 13.2 Å². The topological polar surface area (TPSA) is 156 Å². The number of alkyl carbamates (subject to hydrolysis) is 1. The van der Waals surface area contributed by atoms with Crippen LogP contribution in [0.25, 0.3) is 10.9 Å². The van der Waals surface area contributed by atoms with E-state index in [2.05, 4.69) is 15.6 Å². The third-order valence-electron chi connectivity index (χ3n) is 8.26. The number of carbonyl (C=O) groups excluding carboxylic acids is 3. The minimum absolute atomic E-state index is 0.00880. The highest BCUT2D eigenvalue weighted by Gasteiger charge is 2.61. The van der Waals surface area contributed by atoms with Gasteiger partial charge in [-0.2, -0.15) is 0 Å². The number of carboxylic acids is 1. The molecule has 252 valence electrons. The molecule has 1 aromatic carbocycles. The van der Waals surface area contributed by atoms with E-state index < -0.39 is 58.6 Å². The molecule has 0 radical (unpaired) electrons. The largest absolute Gasteiger partial charge is 0.488 e. The van der Waals surface area contributed by atoms with Crippen LogP contribution in [0.4, 0.5) is 4.79 Å². The second kappa shape index (κ2) is 13.1. The smallest absolute Gasteiger partial charge is 0.408 e.